The maximum Gasteiger partial charge on any atom is 0.253 e. The number of pyridine rings is 1. The molecule has 0 spiro atoms. The molecule has 2 N–H and O–H groups in total. The van der Waals surface area contributed by atoms with E-state index in [4.69, 9.17) is 4.74 Å². The summed E-state index contributed by atoms with van der Waals surface area (Å²) < 4.78 is 5.26. The average molecular weight is 297 g/mol. The summed E-state index contributed by atoms with van der Waals surface area (Å²) in [6, 6.07) is 9.34. The van der Waals surface area contributed by atoms with Gasteiger partial charge in [-0.15, -0.1) is 6.58 Å². The minimum absolute atomic E-state index is 0.180. The van der Waals surface area contributed by atoms with Gasteiger partial charge >= 0.3 is 0 Å². The molecule has 5 nitrogen and oxygen atoms in total. The molecular weight excluding hydrogens is 278 g/mol. The molecule has 1 aromatic carbocycles. The number of hydrogen-bond donors (Lipinski definition) is 2. The van der Waals surface area contributed by atoms with Crippen molar-refractivity contribution >= 4 is 11.6 Å². The third-order valence-corrected chi connectivity index (χ3v) is 3.08. The fourth-order valence-corrected chi connectivity index (χ4v) is 1.98. The highest BCUT2D eigenvalue weighted by Crippen LogP contribution is 2.17. The quantitative estimate of drug-likeness (QED) is 0.771. The molecule has 0 aliphatic carbocycles. The van der Waals surface area contributed by atoms with Crippen LogP contribution in [0.15, 0.2) is 55.4 Å². The first-order valence-electron chi connectivity index (χ1n) is 6.94. The number of benzene rings is 1. The van der Waals surface area contributed by atoms with Gasteiger partial charge in [-0.3, -0.25) is 9.78 Å². The molecule has 0 saturated carbocycles. The third-order valence-electron chi connectivity index (χ3n) is 3.08. The maximum absolute atomic E-state index is 12.2. The number of nitrogens with zero attached hydrogens (tertiary/aromatic N) is 1. The number of para-hydroxylation sites is 1. The molecule has 1 amide bonds. The highest BCUT2D eigenvalue weighted by Gasteiger charge is 2.08. The van der Waals surface area contributed by atoms with Crippen molar-refractivity contribution in [1.29, 1.82) is 0 Å². The zero-order valence-electron chi connectivity index (χ0n) is 12.5. The van der Waals surface area contributed by atoms with Crippen LogP contribution >= 0.6 is 0 Å². The summed E-state index contributed by atoms with van der Waals surface area (Å²) in [6.45, 7) is 4.65. The van der Waals surface area contributed by atoms with Crippen molar-refractivity contribution in [2.45, 2.75) is 6.54 Å². The highest BCUT2D eigenvalue weighted by molar-refractivity contribution is 5.94. The number of carbonyl (C=O) groups is 1. The first kappa shape index (κ1) is 15.6. The minimum atomic E-state index is -0.180. The van der Waals surface area contributed by atoms with E-state index in [1.54, 1.807) is 25.4 Å². The fourth-order valence-electron chi connectivity index (χ4n) is 1.98. The average Bonchev–Trinajstić information content (AvgIpc) is 2.58. The van der Waals surface area contributed by atoms with E-state index in [0.29, 0.717) is 18.7 Å². The van der Waals surface area contributed by atoms with Crippen LogP contribution in [0.5, 0.6) is 5.75 Å². The van der Waals surface area contributed by atoms with Gasteiger partial charge < -0.3 is 15.4 Å². The summed E-state index contributed by atoms with van der Waals surface area (Å²) in [7, 11) is 1.61. The monoisotopic (exact) mass is 297 g/mol. The van der Waals surface area contributed by atoms with Gasteiger partial charge in [0.05, 0.1) is 18.4 Å². The van der Waals surface area contributed by atoms with Crippen LogP contribution in [0, 0.1) is 0 Å². The molecule has 2 rings (SSSR count). The number of carbonyl (C=O) groups excluding carboxylic acids is 1. The zero-order valence-corrected chi connectivity index (χ0v) is 12.5. The van der Waals surface area contributed by atoms with Crippen LogP contribution in [-0.2, 0) is 6.54 Å². The number of ether oxygens (including phenoxy) is 1. The molecule has 0 fully saturated rings. The Morgan fingerprint density at radius 2 is 2.18 bits per heavy atom. The largest absolute Gasteiger partial charge is 0.496 e. The molecule has 0 atom stereocenters. The van der Waals surface area contributed by atoms with E-state index in [1.807, 2.05) is 24.3 Å². The van der Waals surface area contributed by atoms with Crippen LogP contribution in [0.25, 0.3) is 0 Å². The van der Waals surface area contributed by atoms with E-state index in [9.17, 15) is 4.79 Å². The van der Waals surface area contributed by atoms with Gasteiger partial charge in [-0.05, 0) is 12.1 Å². The number of anilines is 1. The van der Waals surface area contributed by atoms with E-state index >= 15 is 0 Å². The second kappa shape index (κ2) is 7.83. The Hall–Kier alpha value is -2.82. The van der Waals surface area contributed by atoms with Crippen LogP contribution in [-0.4, -0.2) is 24.5 Å². The van der Waals surface area contributed by atoms with E-state index in [2.05, 4.69) is 22.2 Å². The lowest BCUT2D eigenvalue weighted by Crippen LogP contribution is -2.23. The Morgan fingerprint density at radius 1 is 1.36 bits per heavy atom. The van der Waals surface area contributed by atoms with Gasteiger partial charge in [0.1, 0.15) is 5.75 Å². The van der Waals surface area contributed by atoms with Crippen LogP contribution < -0.4 is 15.4 Å². The smallest absolute Gasteiger partial charge is 0.253 e. The summed E-state index contributed by atoms with van der Waals surface area (Å²) in [5.74, 6) is 0.572. The van der Waals surface area contributed by atoms with Gasteiger partial charge in [0.25, 0.3) is 5.91 Å². The first-order chi connectivity index (χ1) is 10.7. The predicted octanol–water partition coefficient (Wildman–Crippen LogP) is 2.62. The number of nitrogens with one attached hydrogen (secondary N) is 2. The van der Waals surface area contributed by atoms with Gasteiger partial charge in [-0.25, -0.2) is 0 Å². The summed E-state index contributed by atoms with van der Waals surface area (Å²) in [4.78, 5) is 16.3. The lowest BCUT2D eigenvalue weighted by atomic mass is 10.2. The number of rotatable bonds is 7. The van der Waals surface area contributed by atoms with Crippen LogP contribution in [0.4, 0.5) is 5.69 Å². The van der Waals surface area contributed by atoms with E-state index in [0.717, 1.165) is 17.0 Å². The molecular formula is C17H19N3O2. The number of aromatic nitrogens is 1. The lowest BCUT2D eigenvalue weighted by molar-refractivity contribution is 0.0950. The van der Waals surface area contributed by atoms with Crippen LogP contribution in [0.1, 0.15) is 15.9 Å². The molecule has 0 bridgehead atoms. The number of amides is 1. The lowest BCUT2D eigenvalue weighted by Gasteiger charge is -2.10. The zero-order chi connectivity index (χ0) is 15.8. The summed E-state index contributed by atoms with van der Waals surface area (Å²) >= 11 is 0. The standard InChI is InChI=1S/C17H19N3O2/c1-3-8-19-15-9-14(10-18-12-15)17(21)20-11-13-6-4-5-7-16(13)22-2/h3-7,9-10,12,19H,1,8,11H2,2H3,(H,20,21). The SMILES string of the molecule is C=CCNc1cncc(C(=O)NCc2ccccc2OC)c1. The summed E-state index contributed by atoms with van der Waals surface area (Å²) in [5, 5.41) is 5.97. The van der Waals surface area contributed by atoms with Crippen LogP contribution in [0.2, 0.25) is 0 Å². The van der Waals surface area contributed by atoms with Crippen molar-refractivity contribution < 1.29 is 9.53 Å². The number of hydrogen-bond acceptors (Lipinski definition) is 4. The van der Waals surface area contributed by atoms with E-state index < -0.39 is 0 Å². The Bertz CT molecular complexity index is 656. The Kier molecular flexibility index (Phi) is 5.54. The van der Waals surface area contributed by atoms with E-state index in [1.165, 1.54) is 6.20 Å². The van der Waals surface area contributed by atoms with E-state index in [-0.39, 0.29) is 5.91 Å². The fraction of sp³-hybridized carbons (Fsp3) is 0.176. The van der Waals surface area contributed by atoms with Crippen molar-refractivity contribution in [3.05, 3.63) is 66.5 Å². The molecule has 114 valence electrons. The van der Waals surface area contributed by atoms with Gasteiger partial charge in [-0.1, -0.05) is 24.3 Å². The number of methoxy groups -OCH3 is 1. The Morgan fingerprint density at radius 3 is 2.95 bits per heavy atom. The molecule has 22 heavy (non-hydrogen) atoms. The molecule has 2 aromatic rings. The molecule has 1 aromatic heterocycles. The predicted molar refractivity (Wildman–Crippen MR) is 87.1 cm³/mol. The Balaban J connectivity index is 2.01. The molecule has 0 aliphatic rings. The van der Waals surface area contributed by atoms with Crippen molar-refractivity contribution in [3.8, 4) is 5.75 Å². The molecule has 0 aliphatic heterocycles. The molecule has 5 heteroatoms. The highest BCUT2D eigenvalue weighted by atomic mass is 16.5. The van der Waals surface area contributed by atoms with Gasteiger partial charge in [0.2, 0.25) is 0 Å². The summed E-state index contributed by atoms with van der Waals surface area (Å²) in [5.41, 5.74) is 2.21. The maximum atomic E-state index is 12.2. The normalized spacial score (nSPS) is 9.86. The third kappa shape index (κ3) is 4.09. The molecule has 0 saturated heterocycles. The van der Waals surface area contributed by atoms with Crippen molar-refractivity contribution in [3.63, 3.8) is 0 Å². The Labute approximate surface area is 130 Å². The van der Waals surface area contributed by atoms with Crippen molar-refractivity contribution in [1.82, 2.24) is 10.3 Å². The molecule has 0 unspecified atom stereocenters. The first-order valence-corrected chi connectivity index (χ1v) is 6.94. The second-order valence-electron chi connectivity index (χ2n) is 4.63. The van der Waals surface area contributed by atoms with Crippen molar-refractivity contribution in [2.75, 3.05) is 19.0 Å². The molecule has 0 radical (unpaired) electrons. The van der Waals surface area contributed by atoms with Crippen molar-refractivity contribution in [2.24, 2.45) is 0 Å². The van der Waals surface area contributed by atoms with Gasteiger partial charge in [-0.2, -0.15) is 0 Å². The van der Waals surface area contributed by atoms with Gasteiger partial charge in [0, 0.05) is 31.0 Å². The second-order valence-corrected chi connectivity index (χ2v) is 4.63. The van der Waals surface area contributed by atoms with Gasteiger partial charge in [0.15, 0.2) is 0 Å². The topological polar surface area (TPSA) is 63.2 Å². The minimum Gasteiger partial charge on any atom is -0.496 e. The van der Waals surface area contributed by atoms with Crippen LogP contribution in [0.3, 0.4) is 0 Å². The summed E-state index contributed by atoms with van der Waals surface area (Å²) in [6.07, 6.45) is 4.95. The molecule has 1 heterocycles.